The fourth-order valence-corrected chi connectivity index (χ4v) is 1.51. The van der Waals surface area contributed by atoms with Crippen molar-refractivity contribution in [3.05, 3.63) is 20.3 Å². The summed E-state index contributed by atoms with van der Waals surface area (Å²) in [6.07, 6.45) is 3.75. The van der Waals surface area contributed by atoms with Crippen molar-refractivity contribution in [1.82, 2.24) is 0 Å². The van der Waals surface area contributed by atoms with Crippen LogP contribution in [0.4, 0.5) is 0 Å². The number of nitro groups is 1. The van der Waals surface area contributed by atoms with Gasteiger partial charge >= 0.3 is 5.79 Å². The van der Waals surface area contributed by atoms with Crippen LogP contribution < -0.4 is 0 Å². The Hall–Kier alpha value is -0.830. The van der Waals surface area contributed by atoms with Crippen molar-refractivity contribution in [2.75, 3.05) is 0 Å². The van der Waals surface area contributed by atoms with Gasteiger partial charge in [-0.2, -0.15) is 9.98 Å². The van der Waals surface area contributed by atoms with Gasteiger partial charge < -0.3 is 5.11 Å². The molecule has 1 heterocycles. The molecule has 0 saturated heterocycles. The van der Waals surface area contributed by atoms with Gasteiger partial charge in [0.25, 0.3) is 0 Å². The Morgan fingerprint density at radius 1 is 1.60 bits per heavy atom. The van der Waals surface area contributed by atoms with Crippen LogP contribution in [0, 0.1) is 10.1 Å². The lowest BCUT2D eigenvalue weighted by Gasteiger charge is -2.16. The third-order valence-electron chi connectivity index (χ3n) is 1.93. The summed E-state index contributed by atoms with van der Waals surface area (Å²) in [4.78, 5) is 17.6. The maximum absolute atomic E-state index is 10.8. The number of nitrogens with zero attached hydrogens (tertiary/aromatic N) is 3. The topological polar surface area (TPSA) is 88.1 Å². The normalized spacial score (nSPS) is 19.9. The van der Waals surface area contributed by atoms with E-state index in [-0.39, 0.29) is 6.42 Å². The molecular weight excluding hydrogens is 313 g/mol. The minimum atomic E-state index is -1.71. The summed E-state index contributed by atoms with van der Waals surface area (Å²) in [5, 5.41) is 20.3. The van der Waals surface area contributed by atoms with Gasteiger partial charge in [-0.3, -0.25) is 10.1 Å². The first-order chi connectivity index (χ1) is 7.10. The van der Waals surface area contributed by atoms with Crippen LogP contribution in [0.2, 0.25) is 0 Å². The molecular formula is C8H10IN3O3. The van der Waals surface area contributed by atoms with E-state index in [9.17, 15) is 15.2 Å². The highest BCUT2D eigenvalue weighted by Crippen LogP contribution is 2.24. The molecule has 0 saturated carbocycles. The fraction of sp³-hybridized carbons (Fsp3) is 0.500. The van der Waals surface area contributed by atoms with Gasteiger partial charge in [0.1, 0.15) is 0 Å². The minimum Gasteiger partial charge on any atom is -0.392 e. The van der Waals surface area contributed by atoms with Gasteiger partial charge in [-0.1, -0.05) is 28.7 Å². The van der Waals surface area contributed by atoms with Crippen molar-refractivity contribution in [3.8, 4) is 0 Å². The number of hydrogen-bond acceptors (Lipinski definition) is 5. The van der Waals surface area contributed by atoms with Gasteiger partial charge in [0.05, 0.1) is 17.4 Å². The van der Waals surface area contributed by atoms with E-state index in [0.29, 0.717) is 6.42 Å². The van der Waals surface area contributed by atoms with Gasteiger partial charge in [-0.25, -0.2) is 0 Å². The molecule has 6 nitrogen and oxygen atoms in total. The first kappa shape index (κ1) is 12.2. The number of aliphatic imine (C=N–C) groups is 2. The summed E-state index contributed by atoms with van der Waals surface area (Å²) < 4.78 is 1.75. The smallest absolute Gasteiger partial charge is 0.392 e. The molecule has 0 aromatic carbocycles. The lowest BCUT2D eigenvalue weighted by atomic mass is 10.1. The van der Waals surface area contributed by atoms with Crippen molar-refractivity contribution in [2.24, 2.45) is 9.98 Å². The molecule has 0 amide bonds. The van der Waals surface area contributed by atoms with Crippen LogP contribution in [0.3, 0.4) is 0 Å². The lowest BCUT2D eigenvalue weighted by molar-refractivity contribution is -0.568. The van der Waals surface area contributed by atoms with Crippen LogP contribution in [-0.4, -0.2) is 34.3 Å². The first-order valence-corrected chi connectivity index (χ1v) is 5.52. The van der Waals surface area contributed by atoms with Crippen LogP contribution in [0.5, 0.6) is 0 Å². The maximum atomic E-state index is 10.8. The molecule has 1 N–H and O–H groups in total. The Bertz CT molecular complexity index is 315. The van der Waals surface area contributed by atoms with E-state index in [0.717, 1.165) is 0 Å². The zero-order chi connectivity index (χ0) is 11.3. The van der Waals surface area contributed by atoms with Gasteiger partial charge in [0.15, 0.2) is 0 Å². The zero-order valence-corrected chi connectivity index (χ0v) is 9.94. The average molecular weight is 323 g/mol. The summed E-state index contributed by atoms with van der Waals surface area (Å²) >= 11 is 2.02. The molecule has 0 radical (unpaired) electrons. The quantitative estimate of drug-likeness (QED) is 0.468. The first-order valence-electron chi connectivity index (χ1n) is 4.27. The minimum absolute atomic E-state index is 0.103. The average Bonchev–Trinajstić information content (AvgIpc) is 2.64. The molecule has 82 valence electrons. The predicted molar refractivity (Wildman–Crippen MR) is 65.1 cm³/mol. The van der Waals surface area contributed by atoms with E-state index in [2.05, 4.69) is 9.98 Å². The van der Waals surface area contributed by atoms with Crippen LogP contribution >= 0.6 is 22.6 Å². The number of aliphatic hydroxyl groups is 1. The van der Waals surface area contributed by atoms with E-state index >= 15 is 0 Å². The molecule has 0 aromatic heterocycles. The molecule has 1 unspecified atom stereocenters. The predicted octanol–water partition coefficient (Wildman–Crippen LogP) is 1.16. The molecule has 7 heteroatoms. The Kier molecular flexibility index (Phi) is 4.33. The van der Waals surface area contributed by atoms with Crippen molar-refractivity contribution < 1.29 is 10.0 Å². The standard InChI is InChI=1S/C8H10IN3O3/c9-3-1-2-7(13)6-8(12(14)15)10-4-5-11-8/h1,3-5,7,13H,2,6H2/b3-1+. The van der Waals surface area contributed by atoms with E-state index in [1.165, 1.54) is 12.4 Å². The zero-order valence-electron chi connectivity index (χ0n) is 7.78. The number of hydrogen-bond donors (Lipinski definition) is 1. The van der Waals surface area contributed by atoms with Crippen molar-refractivity contribution in [2.45, 2.75) is 24.7 Å². The molecule has 0 aromatic rings. The second-order valence-corrected chi connectivity index (χ2v) is 3.76. The molecule has 0 bridgehead atoms. The molecule has 0 fully saturated rings. The van der Waals surface area contributed by atoms with E-state index < -0.39 is 16.8 Å². The van der Waals surface area contributed by atoms with Crippen molar-refractivity contribution >= 4 is 35.0 Å². The Balaban J connectivity index is 2.64. The second-order valence-electron chi connectivity index (χ2n) is 3.04. The van der Waals surface area contributed by atoms with Crippen LogP contribution in [0.25, 0.3) is 0 Å². The highest BCUT2D eigenvalue weighted by Gasteiger charge is 2.44. The second kappa shape index (κ2) is 5.31. The van der Waals surface area contributed by atoms with E-state index in [4.69, 9.17) is 0 Å². The summed E-state index contributed by atoms with van der Waals surface area (Å²) in [6, 6.07) is 0. The number of halogens is 1. The third kappa shape index (κ3) is 3.06. The van der Waals surface area contributed by atoms with Crippen LogP contribution in [0.1, 0.15) is 12.8 Å². The molecule has 1 atom stereocenters. The third-order valence-corrected chi connectivity index (χ3v) is 2.44. The molecule has 15 heavy (non-hydrogen) atoms. The van der Waals surface area contributed by atoms with Gasteiger partial charge in [-0.05, 0) is 10.5 Å². The highest BCUT2D eigenvalue weighted by atomic mass is 127. The molecule has 1 aliphatic rings. The molecule has 1 rings (SSSR count). The van der Waals surface area contributed by atoms with Gasteiger partial charge in [-0.15, -0.1) is 0 Å². The van der Waals surface area contributed by atoms with Crippen LogP contribution in [-0.2, 0) is 0 Å². The summed E-state index contributed by atoms with van der Waals surface area (Å²) in [5.74, 6) is -1.71. The number of aliphatic hydroxyl groups excluding tert-OH is 1. The van der Waals surface area contributed by atoms with Gasteiger partial charge in [0, 0.05) is 12.4 Å². The lowest BCUT2D eigenvalue weighted by Crippen LogP contribution is -2.36. The summed E-state index contributed by atoms with van der Waals surface area (Å²) in [7, 11) is 0. The van der Waals surface area contributed by atoms with Crippen molar-refractivity contribution in [3.63, 3.8) is 0 Å². The Morgan fingerprint density at radius 3 is 2.67 bits per heavy atom. The monoisotopic (exact) mass is 323 g/mol. The van der Waals surface area contributed by atoms with E-state index in [1.54, 1.807) is 10.2 Å². The van der Waals surface area contributed by atoms with Crippen molar-refractivity contribution in [1.29, 1.82) is 0 Å². The number of rotatable bonds is 5. The highest BCUT2D eigenvalue weighted by molar-refractivity contribution is 14.1. The summed E-state index contributed by atoms with van der Waals surface area (Å²) in [6.45, 7) is 0. The Labute approximate surface area is 100 Å². The fourth-order valence-electron chi connectivity index (χ4n) is 1.22. The Morgan fingerprint density at radius 2 is 2.20 bits per heavy atom. The summed E-state index contributed by atoms with van der Waals surface area (Å²) in [5.41, 5.74) is 0. The van der Waals surface area contributed by atoms with Crippen LogP contribution in [0.15, 0.2) is 20.1 Å². The SMILES string of the molecule is O=[N+]([O-])C1(CC(O)C/C=C/I)N=CC=N1. The van der Waals surface area contributed by atoms with Gasteiger partial charge in [0.2, 0.25) is 0 Å². The molecule has 1 aliphatic heterocycles. The largest absolute Gasteiger partial charge is 0.414 e. The molecule has 0 spiro atoms. The maximum Gasteiger partial charge on any atom is 0.414 e. The molecule has 0 aliphatic carbocycles. The van der Waals surface area contributed by atoms with E-state index in [1.807, 2.05) is 22.6 Å².